The molecular weight excluding hydrogens is 196 g/mol. The minimum atomic E-state index is -1.92. The lowest BCUT2D eigenvalue weighted by Crippen LogP contribution is -2.42. The van der Waals surface area contributed by atoms with Gasteiger partial charge < -0.3 is 4.90 Å². The van der Waals surface area contributed by atoms with E-state index in [-0.39, 0.29) is 0 Å². The highest BCUT2D eigenvalue weighted by molar-refractivity contribution is 7.93. The normalized spacial score (nSPS) is 24.9. The van der Waals surface area contributed by atoms with E-state index in [4.69, 9.17) is 0 Å². The Bertz CT molecular complexity index is 284. The fourth-order valence-corrected chi connectivity index (χ4v) is 3.36. The van der Waals surface area contributed by atoms with Crippen molar-refractivity contribution in [2.24, 2.45) is 4.36 Å². The first-order valence-corrected chi connectivity index (χ1v) is 7.29. The number of piperidine rings is 1. The van der Waals surface area contributed by atoms with Gasteiger partial charge >= 0.3 is 0 Å². The highest BCUT2D eigenvalue weighted by atomic mass is 32.2. The van der Waals surface area contributed by atoms with Gasteiger partial charge in [0.25, 0.3) is 0 Å². The molecule has 1 fully saturated rings. The Labute approximate surface area is 88.1 Å². The molecule has 84 valence electrons. The van der Waals surface area contributed by atoms with Crippen molar-refractivity contribution >= 4 is 9.73 Å². The fourth-order valence-electron chi connectivity index (χ4n) is 1.98. The summed E-state index contributed by atoms with van der Waals surface area (Å²) in [5.74, 6) is 0. The highest BCUT2D eigenvalue weighted by Gasteiger charge is 2.25. The molecule has 0 N–H and O–H groups in total. The van der Waals surface area contributed by atoms with E-state index in [0.29, 0.717) is 11.3 Å². The van der Waals surface area contributed by atoms with Gasteiger partial charge in [0.1, 0.15) is 0 Å². The zero-order valence-electron chi connectivity index (χ0n) is 9.69. The molecule has 1 heterocycles. The van der Waals surface area contributed by atoms with Gasteiger partial charge in [0.15, 0.2) is 0 Å². The molecule has 0 radical (unpaired) electrons. The van der Waals surface area contributed by atoms with E-state index in [1.165, 1.54) is 0 Å². The smallest absolute Gasteiger partial charge is 0.0465 e. The first-order chi connectivity index (χ1) is 6.47. The second-order valence-corrected chi connectivity index (χ2v) is 7.13. The number of hydrogen-bond acceptors (Lipinski definition) is 3. The molecule has 0 spiro atoms. The molecule has 1 aliphatic heterocycles. The molecule has 1 aliphatic rings. The van der Waals surface area contributed by atoms with Crippen molar-refractivity contribution in [3.05, 3.63) is 0 Å². The summed E-state index contributed by atoms with van der Waals surface area (Å²) in [5.41, 5.74) is 0. The van der Waals surface area contributed by atoms with Crippen LogP contribution in [0.2, 0.25) is 0 Å². The number of rotatable bonds is 2. The van der Waals surface area contributed by atoms with Crippen LogP contribution < -0.4 is 0 Å². The third-order valence-electron chi connectivity index (χ3n) is 3.19. The van der Waals surface area contributed by atoms with Crippen molar-refractivity contribution in [2.75, 3.05) is 26.4 Å². The summed E-state index contributed by atoms with van der Waals surface area (Å²) in [6.45, 7) is 6.58. The zero-order valence-corrected chi connectivity index (χ0v) is 10.5. The molecule has 0 amide bonds. The average molecular weight is 218 g/mol. The first-order valence-electron chi connectivity index (χ1n) is 5.30. The summed E-state index contributed by atoms with van der Waals surface area (Å²) in [6, 6.07) is 0.613. The van der Waals surface area contributed by atoms with Crippen molar-refractivity contribution in [3.63, 3.8) is 0 Å². The molecule has 1 atom stereocenters. The van der Waals surface area contributed by atoms with Gasteiger partial charge in [-0.15, -0.1) is 0 Å². The van der Waals surface area contributed by atoms with Crippen LogP contribution in [0.1, 0.15) is 26.7 Å². The second kappa shape index (κ2) is 4.62. The monoisotopic (exact) mass is 218 g/mol. The van der Waals surface area contributed by atoms with Gasteiger partial charge in [0.05, 0.1) is 0 Å². The molecular formula is C10H22N2OS. The summed E-state index contributed by atoms with van der Waals surface area (Å²) in [7, 11) is -0.244. The zero-order chi connectivity index (χ0) is 10.8. The van der Waals surface area contributed by atoms with Gasteiger partial charge in [0, 0.05) is 34.3 Å². The third-order valence-corrected chi connectivity index (χ3v) is 5.62. The third kappa shape index (κ3) is 2.70. The highest BCUT2D eigenvalue weighted by Crippen LogP contribution is 2.19. The van der Waals surface area contributed by atoms with Crippen LogP contribution in [-0.4, -0.2) is 46.8 Å². The van der Waals surface area contributed by atoms with E-state index < -0.39 is 9.73 Å². The predicted octanol–water partition coefficient (Wildman–Crippen LogP) is 1.59. The molecule has 3 nitrogen and oxygen atoms in total. The minimum absolute atomic E-state index is 0.308. The predicted molar refractivity (Wildman–Crippen MR) is 62.1 cm³/mol. The van der Waals surface area contributed by atoms with E-state index in [1.54, 1.807) is 13.3 Å². The maximum Gasteiger partial charge on any atom is 0.0465 e. The lowest BCUT2D eigenvalue weighted by molar-refractivity contribution is 0.187. The second-order valence-electron chi connectivity index (χ2n) is 4.37. The largest absolute Gasteiger partial charge is 0.301 e. The van der Waals surface area contributed by atoms with Crippen LogP contribution in [0, 0.1) is 0 Å². The molecule has 0 saturated carbocycles. The van der Waals surface area contributed by atoms with Crippen LogP contribution in [0.3, 0.4) is 0 Å². The van der Waals surface area contributed by atoms with Gasteiger partial charge in [0.2, 0.25) is 0 Å². The van der Waals surface area contributed by atoms with Crippen LogP contribution >= 0.6 is 0 Å². The standard InChI is InChI=1S/C10H22N2OS/c1-9(2)12-7-5-10(6-8-12)14(4,13)11-3/h9-10H,5-8H2,1-4H3. The van der Waals surface area contributed by atoms with Gasteiger partial charge in [-0.05, 0) is 39.8 Å². The Balaban J connectivity index is 2.56. The summed E-state index contributed by atoms with van der Waals surface area (Å²) >= 11 is 0. The Morgan fingerprint density at radius 2 is 1.86 bits per heavy atom. The van der Waals surface area contributed by atoms with Crippen molar-refractivity contribution in [2.45, 2.75) is 38.0 Å². The van der Waals surface area contributed by atoms with E-state index >= 15 is 0 Å². The Kier molecular flexibility index (Phi) is 3.95. The average Bonchev–Trinajstić information content (AvgIpc) is 2.18. The molecule has 0 aromatic heterocycles. The minimum Gasteiger partial charge on any atom is -0.301 e. The van der Waals surface area contributed by atoms with Crippen LogP contribution in [0.5, 0.6) is 0 Å². The molecule has 1 rings (SSSR count). The fraction of sp³-hybridized carbons (Fsp3) is 1.00. The SMILES string of the molecule is CN=S(C)(=O)C1CCN(C(C)C)CC1. The van der Waals surface area contributed by atoms with Crippen LogP contribution in [0.15, 0.2) is 4.36 Å². The quantitative estimate of drug-likeness (QED) is 0.705. The Morgan fingerprint density at radius 1 is 1.36 bits per heavy atom. The molecule has 1 saturated heterocycles. The van der Waals surface area contributed by atoms with Crippen molar-refractivity contribution in [1.82, 2.24) is 4.90 Å². The topological polar surface area (TPSA) is 32.7 Å². The van der Waals surface area contributed by atoms with Crippen LogP contribution in [-0.2, 0) is 9.73 Å². The molecule has 0 aromatic rings. The van der Waals surface area contributed by atoms with Crippen molar-refractivity contribution in [3.8, 4) is 0 Å². The number of hydrogen-bond donors (Lipinski definition) is 0. The van der Waals surface area contributed by atoms with Crippen LogP contribution in [0.4, 0.5) is 0 Å². The van der Waals surface area contributed by atoms with Crippen molar-refractivity contribution < 1.29 is 4.21 Å². The maximum absolute atomic E-state index is 12.0. The molecule has 14 heavy (non-hydrogen) atoms. The van der Waals surface area contributed by atoms with Gasteiger partial charge in [-0.3, -0.25) is 0 Å². The molecule has 0 aliphatic carbocycles. The summed E-state index contributed by atoms with van der Waals surface area (Å²) < 4.78 is 16.0. The molecule has 0 bridgehead atoms. The summed E-state index contributed by atoms with van der Waals surface area (Å²) in [5, 5.41) is 0.308. The van der Waals surface area contributed by atoms with E-state index in [9.17, 15) is 4.21 Å². The van der Waals surface area contributed by atoms with Crippen LogP contribution in [0.25, 0.3) is 0 Å². The van der Waals surface area contributed by atoms with Crippen molar-refractivity contribution in [1.29, 1.82) is 0 Å². The lowest BCUT2D eigenvalue weighted by atomic mass is 10.1. The number of likely N-dealkylation sites (tertiary alicyclic amines) is 1. The Hall–Kier alpha value is -0.0900. The van der Waals surface area contributed by atoms with E-state index in [2.05, 4.69) is 23.1 Å². The number of nitrogens with zero attached hydrogens (tertiary/aromatic N) is 2. The van der Waals surface area contributed by atoms with E-state index in [1.807, 2.05) is 0 Å². The summed E-state index contributed by atoms with van der Waals surface area (Å²) in [6.07, 6.45) is 3.86. The molecule has 4 heteroatoms. The summed E-state index contributed by atoms with van der Waals surface area (Å²) in [4.78, 5) is 2.45. The van der Waals surface area contributed by atoms with Gasteiger partial charge in [-0.1, -0.05) is 0 Å². The van der Waals surface area contributed by atoms with Gasteiger partial charge in [-0.2, -0.15) is 0 Å². The lowest BCUT2D eigenvalue weighted by Gasteiger charge is -2.34. The molecule has 1 unspecified atom stereocenters. The molecule has 0 aromatic carbocycles. The van der Waals surface area contributed by atoms with Gasteiger partial charge in [-0.25, -0.2) is 8.57 Å². The van der Waals surface area contributed by atoms with E-state index in [0.717, 1.165) is 25.9 Å². The Morgan fingerprint density at radius 3 is 2.21 bits per heavy atom. The first kappa shape index (κ1) is 12.0. The maximum atomic E-state index is 12.0.